The molecule has 150 valence electrons. The summed E-state index contributed by atoms with van der Waals surface area (Å²) in [7, 11) is 0. The molecular formula is C23H26N4O2. The maximum absolute atomic E-state index is 12.5. The van der Waals surface area contributed by atoms with Crippen molar-refractivity contribution < 1.29 is 9.53 Å². The van der Waals surface area contributed by atoms with Gasteiger partial charge in [0.05, 0.1) is 0 Å². The number of anilines is 3. The number of nitrogens with zero attached hydrogens (tertiary/aromatic N) is 2. The number of hydrogen-bond acceptors (Lipinski definition) is 5. The van der Waals surface area contributed by atoms with E-state index >= 15 is 0 Å². The van der Waals surface area contributed by atoms with Crippen LogP contribution in [-0.4, -0.2) is 22.0 Å². The third kappa shape index (κ3) is 5.54. The van der Waals surface area contributed by atoms with Crippen LogP contribution in [0.25, 0.3) is 0 Å². The first kappa shape index (κ1) is 20.3. The number of nitrogens with one attached hydrogen (secondary N) is 2. The molecule has 29 heavy (non-hydrogen) atoms. The molecule has 0 fully saturated rings. The molecule has 0 radical (unpaired) electrons. The number of hydrogen-bond donors (Lipinski definition) is 2. The average molecular weight is 390 g/mol. The minimum atomic E-state index is -0.614. The molecular weight excluding hydrogens is 364 g/mol. The van der Waals surface area contributed by atoms with E-state index in [0.717, 1.165) is 28.5 Å². The van der Waals surface area contributed by atoms with Crippen LogP contribution in [0.4, 0.5) is 17.2 Å². The number of benzene rings is 2. The van der Waals surface area contributed by atoms with Crippen molar-refractivity contribution in [3.8, 4) is 5.75 Å². The number of amides is 1. The van der Waals surface area contributed by atoms with Gasteiger partial charge in [-0.3, -0.25) is 4.79 Å². The molecule has 0 spiro atoms. The zero-order valence-corrected chi connectivity index (χ0v) is 17.1. The highest BCUT2D eigenvalue weighted by Gasteiger charge is 2.17. The van der Waals surface area contributed by atoms with Gasteiger partial charge in [0.1, 0.15) is 17.9 Å². The van der Waals surface area contributed by atoms with Crippen LogP contribution in [0.5, 0.6) is 5.75 Å². The summed E-state index contributed by atoms with van der Waals surface area (Å²) in [6, 6.07) is 17.1. The molecule has 0 aliphatic heterocycles. The number of aryl methyl sites for hydroxylation is 1. The number of rotatable bonds is 7. The van der Waals surface area contributed by atoms with E-state index in [0.29, 0.717) is 11.6 Å². The molecule has 0 aliphatic rings. The van der Waals surface area contributed by atoms with Crippen LogP contribution in [0, 0.1) is 6.92 Å². The first-order chi connectivity index (χ1) is 13.9. The van der Waals surface area contributed by atoms with Crippen LogP contribution in [0.15, 0.2) is 60.9 Å². The van der Waals surface area contributed by atoms with Crippen molar-refractivity contribution in [2.45, 2.75) is 39.7 Å². The maximum atomic E-state index is 12.5. The fraction of sp³-hybridized carbons (Fsp3) is 0.261. The van der Waals surface area contributed by atoms with Gasteiger partial charge in [-0.2, -0.15) is 0 Å². The molecule has 0 aliphatic carbocycles. The van der Waals surface area contributed by atoms with Crippen LogP contribution in [0.1, 0.15) is 37.9 Å². The van der Waals surface area contributed by atoms with E-state index in [4.69, 9.17) is 4.74 Å². The van der Waals surface area contributed by atoms with Crippen molar-refractivity contribution in [2.24, 2.45) is 0 Å². The van der Waals surface area contributed by atoms with Crippen LogP contribution >= 0.6 is 0 Å². The largest absolute Gasteiger partial charge is 0.481 e. The lowest BCUT2D eigenvalue weighted by Gasteiger charge is -2.18. The topological polar surface area (TPSA) is 76.1 Å². The highest BCUT2D eigenvalue weighted by molar-refractivity contribution is 5.94. The summed E-state index contributed by atoms with van der Waals surface area (Å²) in [5.41, 5.74) is 3.55. The van der Waals surface area contributed by atoms with Gasteiger partial charge in [0.15, 0.2) is 6.10 Å². The lowest BCUT2D eigenvalue weighted by atomic mass is 10.0. The Kier molecular flexibility index (Phi) is 6.44. The molecule has 0 bridgehead atoms. The Bertz CT molecular complexity index is 971. The third-order valence-electron chi connectivity index (χ3n) is 4.44. The van der Waals surface area contributed by atoms with Crippen molar-refractivity contribution in [1.29, 1.82) is 0 Å². The molecule has 3 rings (SSSR count). The van der Waals surface area contributed by atoms with E-state index in [1.165, 1.54) is 6.33 Å². The van der Waals surface area contributed by atoms with Gasteiger partial charge in [0.25, 0.3) is 5.91 Å². The van der Waals surface area contributed by atoms with Crippen LogP contribution < -0.4 is 15.4 Å². The predicted octanol–water partition coefficient (Wildman–Crippen LogP) is 5.06. The van der Waals surface area contributed by atoms with E-state index in [1.54, 1.807) is 6.92 Å². The number of para-hydroxylation sites is 1. The van der Waals surface area contributed by atoms with Crippen molar-refractivity contribution in [3.63, 3.8) is 0 Å². The Morgan fingerprint density at radius 2 is 1.66 bits per heavy atom. The lowest BCUT2D eigenvalue weighted by molar-refractivity contribution is -0.122. The molecule has 1 unspecified atom stereocenters. The molecule has 0 saturated carbocycles. The Labute approximate surface area is 171 Å². The molecule has 1 heterocycles. The molecule has 1 amide bonds. The standard InChI is InChI=1S/C23H26N4O2/c1-15(2)20-7-5-6-8-21(20)29-17(4)23(28)27-19-11-9-18(10-12-19)26-22-13-16(3)24-14-25-22/h5-15,17H,1-4H3,(H,27,28)(H,24,25,26). The molecule has 6 nitrogen and oxygen atoms in total. The van der Waals surface area contributed by atoms with Gasteiger partial charge in [-0.05, 0) is 55.7 Å². The lowest BCUT2D eigenvalue weighted by Crippen LogP contribution is -2.30. The number of carbonyl (C=O) groups is 1. The fourth-order valence-corrected chi connectivity index (χ4v) is 2.86. The number of ether oxygens (including phenoxy) is 1. The first-order valence-corrected chi connectivity index (χ1v) is 9.64. The Balaban J connectivity index is 1.60. The second-order valence-electron chi connectivity index (χ2n) is 7.19. The molecule has 6 heteroatoms. The van der Waals surface area contributed by atoms with E-state index < -0.39 is 6.10 Å². The minimum Gasteiger partial charge on any atom is -0.481 e. The normalized spacial score (nSPS) is 11.8. The summed E-state index contributed by atoms with van der Waals surface area (Å²) in [4.78, 5) is 20.8. The van der Waals surface area contributed by atoms with Gasteiger partial charge in [-0.1, -0.05) is 32.0 Å². The van der Waals surface area contributed by atoms with Gasteiger partial charge in [0, 0.05) is 23.1 Å². The van der Waals surface area contributed by atoms with Crippen LogP contribution in [0.2, 0.25) is 0 Å². The Hall–Kier alpha value is -3.41. The summed E-state index contributed by atoms with van der Waals surface area (Å²) in [6.45, 7) is 7.87. The van der Waals surface area contributed by atoms with Gasteiger partial charge in [-0.25, -0.2) is 9.97 Å². The highest BCUT2D eigenvalue weighted by atomic mass is 16.5. The number of aromatic nitrogens is 2. The maximum Gasteiger partial charge on any atom is 0.265 e. The minimum absolute atomic E-state index is 0.198. The summed E-state index contributed by atoms with van der Waals surface area (Å²) < 4.78 is 5.92. The van der Waals surface area contributed by atoms with Crippen molar-refractivity contribution in [1.82, 2.24) is 9.97 Å². The Morgan fingerprint density at radius 3 is 2.34 bits per heavy atom. The second kappa shape index (κ2) is 9.19. The third-order valence-corrected chi connectivity index (χ3v) is 4.44. The first-order valence-electron chi connectivity index (χ1n) is 9.64. The van der Waals surface area contributed by atoms with Crippen molar-refractivity contribution in [2.75, 3.05) is 10.6 Å². The average Bonchev–Trinajstić information content (AvgIpc) is 2.69. The van der Waals surface area contributed by atoms with E-state index in [1.807, 2.05) is 61.5 Å². The summed E-state index contributed by atoms with van der Waals surface area (Å²) in [6.07, 6.45) is 0.905. The Morgan fingerprint density at radius 1 is 0.966 bits per heavy atom. The molecule has 2 N–H and O–H groups in total. The summed E-state index contributed by atoms with van der Waals surface area (Å²) >= 11 is 0. The van der Waals surface area contributed by atoms with Crippen LogP contribution in [-0.2, 0) is 4.79 Å². The van der Waals surface area contributed by atoms with E-state index in [2.05, 4.69) is 34.4 Å². The molecule has 2 aromatic carbocycles. The number of carbonyl (C=O) groups excluding carboxylic acids is 1. The second-order valence-corrected chi connectivity index (χ2v) is 7.19. The predicted molar refractivity (Wildman–Crippen MR) is 116 cm³/mol. The summed E-state index contributed by atoms with van der Waals surface area (Å²) in [5.74, 6) is 1.58. The van der Waals surface area contributed by atoms with Gasteiger partial charge >= 0.3 is 0 Å². The van der Waals surface area contributed by atoms with Gasteiger partial charge in [0.2, 0.25) is 0 Å². The van der Waals surface area contributed by atoms with Crippen molar-refractivity contribution in [3.05, 3.63) is 72.2 Å². The zero-order chi connectivity index (χ0) is 20.8. The zero-order valence-electron chi connectivity index (χ0n) is 17.1. The SMILES string of the molecule is Cc1cc(Nc2ccc(NC(=O)C(C)Oc3ccccc3C(C)C)cc2)ncn1. The van der Waals surface area contributed by atoms with Gasteiger partial charge in [-0.15, -0.1) is 0 Å². The molecule has 1 aromatic heterocycles. The van der Waals surface area contributed by atoms with Gasteiger partial charge < -0.3 is 15.4 Å². The van der Waals surface area contributed by atoms with Crippen LogP contribution in [0.3, 0.4) is 0 Å². The van der Waals surface area contributed by atoms with Crippen molar-refractivity contribution >= 4 is 23.1 Å². The fourth-order valence-electron chi connectivity index (χ4n) is 2.86. The monoisotopic (exact) mass is 390 g/mol. The highest BCUT2D eigenvalue weighted by Crippen LogP contribution is 2.27. The van der Waals surface area contributed by atoms with E-state index in [9.17, 15) is 4.79 Å². The summed E-state index contributed by atoms with van der Waals surface area (Å²) in [5, 5.41) is 6.10. The smallest absolute Gasteiger partial charge is 0.265 e. The molecule has 0 saturated heterocycles. The molecule has 1 atom stereocenters. The quantitative estimate of drug-likeness (QED) is 0.590. The molecule has 3 aromatic rings. The van der Waals surface area contributed by atoms with E-state index in [-0.39, 0.29) is 5.91 Å².